The summed E-state index contributed by atoms with van der Waals surface area (Å²) in [6, 6.07) is 4.57. The second-order valence-corrected chi connectivity index (χ2v) is 6.85. The molecule has 4 heteroatoms. The Morgan fingerprint density at radius 3 is 2.90 bits per heavy atom. The molecule has 1 saturated carbocycles. The Hall–Kier alpha value is -0.970. The largest absolute Gasteiger partial charge is 0.271 e. The molecule has 0 aliphatic heterocycles. The molecule has 2 aromatic heterocycles. The average molecular weight is 289 g/mol. The number of hydrazine groups is 1. The van der Waals surface area contributed by atoms with Gasteiger partial charge >= 0.3 is 0 Å². The lowest BCUT2D eigenvalue weighted by Crippen LogP contribution is -2.35. The number of nitrogens with two attached hydrogens (primary N) is 1. The molecule has 1 fully saturated rings. The molecule has 0 bridgehead atoms. The van der Waals surface area contributed by atoms with Crippen LogP contribution in [0.25, 0.3) is 10.2 Å². The van der Waals surface area contributed by atoms with Crippen molar-refractivity contribution >= 4 is 21.6 Å². The van der Waals surface area contributed by atoms with E-state index in [9.17, 15) is 0 Å². The van der Waals surface area contributed by atoms with E-state index in [4.69, 9.17) is 5.84 Å². The van der Waals surface area contributed by atoms with E-state index >= 15 is 0 Å². The number of rotatable bonds is 4. The summed E-state index contributed by atoms with van der Waals surface area (Å²) in [5, 5.41) is 2.10. The Kier molecular flexibility index (Phi) is 4.34. The van der Waals surface area contributed by atoms with E-state index in [1.54, 1.807) is 11.3 Å². The van der Waals surface area contributed by atoms with Gasteiger partial charge in [-0.25, -0.2) is 0 Å². The highest BCUT2D eigenvalue weighted by Gasteiger charge is 2.27. The number of hydrogen-bond acceptors (Lipinski definition) is 4. The van der Waals surface area contributed by atoms with Crippen molar-refractivity contribution in [3.05, 3.63) is 29.3 Å². The molecule has 1 atom stereocenters. The van der Waals surface area contributed by atoms with Crippen molar-refractivity contribution in [1.29, 1.82) is 0 Å². The summed E-state index contributed by atoms with van der Waals surface area (Å²) in [4.78, 5) is 4.55. The van der Waals surface area contributed by atoms with E-state index in [0.717, 1.165) is 11.4 Å². The monoisotopic (exact) mass is 289 g/mol. The molecule has 2 heterocycles. The van der Waals surface area contributed by atoms with Gasteiger partial charge in [0.1, 0.15) is 0 Å². The Bertz CT molecular complexity index is 558. The van der Waals surface area contributed by atoms with Crippen LogP contribution in [0.15, 0.2) is 23.7 Å². The van der Waals surface area contributed by atoms with Gasteiger partial charge in [0.25, 0.3) is 0 Å². The normalized spacial score (nSPS) is 24.9. The Labute approximate surface area is 124 Å². The number of nitrogens with one attached hydrogen (secondary N) is 1. The maximum Gasteiger partial charge on any atom is 0.0809 e. The molecule has 0 radical (unpaired) electrons. The molecule has 3 nitrogen and oxygen atoms in total. The third-order valence-electron chi connectivity index (χ3n) is 4.80. The van der Waals surface area contributed by atoms with E-state index in [0.29, 0.717) is 5.92 Å². The third-order valence-corrected chi connectivity index (χ3v) is 5.66. The lowest BCUT2D eigenvalue weighted by Gasteiger charge is -2.33. The molecule has 0 saturated heterocycles. The van der Waals surface area contributed by atoms with Gasteiger partial charge < -0.3 is 0 Å². The second-order valence-electron chi connectivity index (χ2n) is 5.91. The zero-order chi connectivity index (χ0) is 13.9. The molecule has 3 rings (SSSR count). The van der Waals surface area contributed by atoms with Gasteiger partial charge in [0, 0.05) is 6.20 Å². The van der Waals surface area contributed by atoms with Crippen LogP contribution in [0, 0.1) is 11.8 Å². The summed E-state index contributed by atoms with van der Waals surface area (Å²) >= 11 is 1.75. The van der Waals surface area contributed by atoms with Gasteiger partial charge in [-0.05, 0) is 47.8 Å². The standard InChI is InChI=1S/C16H23N3S/c1-2-11-3-5-12(6-4-11)16(19-17)13-9-15-14(18-10-13)7-8-20-15/h7-12,16,19H,2-6,17H2,1H3. The maximum atomic E-state index is 5.85. The molecule has 0 amide bonds. The van der Waals surface area contributed by atoms with E-state index in [1.165, 1.54) is 42.4 Å². The van der Waals surface area contributed by atoms with Gasteiger partial charge in [0.05, 0.1) is 16.3 Å². The Balaban J connectivity index is 1.78. The van der Waals surface area contributed by atoms with Crippen LogP contribution in [0.1, 0.15) is 50.6 Å². The molecule has 1 aliphatic carbocycles. The molecule has 3 N–H and O–H groups in total. The predicted molar refractivity (Wildman–Crippen MR) is 85.4 cm³/mol. The van der Waals surface area contributed by atoms with E-state index < -0.39 is 0 Å². The van der Waals surface area contributed by atoms with Crippen molar-refractivity contribution in [3.8, 4) is 0 Å². The van der Waals surface area contributed by atoms with Gasteiger partial charge in [-0.3, -0.25) is 16.3 Å². The molecule has 20 heavy (non-hydrogen) atoms. The first-order valence-electron chi connectivity index (χ1n) is 7.61. The number of aromatic nitrogens is 1. The molecule has 0 spiro atoms. The fraction of sp³-hybridized carbons (Fsp3) is 0.562. The van der Waals surface area contributed by atoms with Crippen LogP contribution in [0.5, 0.6) is 0 Å². The molecule has 1 aliphatic rings. The number of nitrogens with zero attached hydrogens (tertiary/aromatic N) is 1. The second kappa shape index (κ2) is 6.20. The van der Waals surface area contributed by atoms with E-state index in [1.807, 2.05) is 6.20 Å². The van der Waals surface area contributed by atoms with Crippen molar-refractivity contribution in [3.63, 3.8) is 0 Å². The van der Waals surface area contributed by atoms with Crippen LogP contribution < -0.4 is 11.3 Å². The first-order valence-corrected chi connectivity index (χ1v) is 8.49. The zero-order valence-electron chi connectivity index (χ0n) is 12.0. The predicted octanol–water partition coefficient (Wildman–Crippen LogP) is 4.02. The Morgan fingerprint density at radius 1 is 1.40 bits per heavy atom. The SMILES string of the molecule is CCC1CCC(C(NN)c2cnc3ccsc3c2)CC1. The average Bonchev–Trinajstić information content (AvgIpc) is 2.96. The van der Waals surface area contributed by atoms with Gasteiger partial charge in [-0.15, -0.1) is 11.3 Å². The molecule has 2 aromatic rings. The number of thiophene rings is 1. The van der Waals surface area contributed by atoms with Crippen molar-refractivity contribution in [1.82, 2.24) is 10.4 Å². The van der Waals surface area contributed by atoms with Crippen molar-refractivity contribution in [2.75, 3.05) is 0 Å². The quantitative estimate of drug-likeness (QED) is 0.660. The summed E-state index contributed by atoms with van der Waals surface area (Å²) in [6.07, 6.45) is 8.54. The van der Waals surface area contributed by atoms with Crippen LogP contribution in [0.2, 0.25) is 0 Å². The lowest BCUT2D eigenvalue weighted by atomic mass is 9.76. The van der Waals surface area contributed by atoms with Gasteiger partial charge in [0.15, 0.2) is 0 Å². The summed E-state index contributed by atoms with van der Waals surface area (Å²) in [5.74, 6) is 7.41. The van der Waals surface area contributed by atoms with Gasteiger partial charge in [0.2, 0.25) is 0 Å². The fourth-order valence-electron chi connectivity index (χ4n) is 3.47. The highest BCUT2D eigenvalue weighted by molar-refractivity contribution is 7.17. The van der Waals surface area contributed by atoms with E-state index in [2.05, 4.69) is 34.8 Å². The first kappa shape index (κ1) is 14.0. The lowest BCUT2D eigenvalue weighted by molar-refractivity contribution is 0.219. The van der Waals surface area contributed by atoms with E-state index in [-0.39, 0.29) is 6.04 Å². The molecule has 108 valence electrons. The highest BCUT2D eigenvalue weighted by atomic mass is 32.1. The maximum absolute atomic E-state index is 5.85. The third kappa shape index (κ3) is 2.73. The van der Waals surface area contributed by atoms with Crippen LogP contribution in [0.3, 0.4) is 0 Å². The minimum atomic E-state index is 0.242. The van der Waals surface area contributed by atoms with Crippen LogP contribution >= 0.6 is 11.3 Å². The zero-order valence-corrected chi connectivity index (χ0v) is 12.8. The molecular weight excluding hydrogens is 266 g/mol. The van der Waals surface area contributed by atoms with Gasteiger partial charge in [-0.2, -0.15) is 0 Å². The summed E-state index contributed by atoms with van der Waals surface area (Å²) in [5.41, 5.74) is 5.37. The summed E-state index contributed by atoms with van der Waals surface area (Å²) < 4.78 is 1.25. The smallest absolute Gasteiger partial charge is 0.0809 e. The number of hydrogen-bond donors (Lipinski definition) is 2. The highest BCUT2D eigenvalue weighted by Crippen LogP contribution is 2.38. The summed E-state index contributed by atoms with van der Waals surface area (Å²) in [7, 11) is 0. The minimum Gasteiger partial charge on any atom is -0.271 e. The summed E-state index contributed by atoms with van der Waals surface area (Å²) in [6.45, 7) is 2.30. The van der Waals surface area contributed by atoms with Crippen LogP contribution in [0.4, 0.5) is 0 Å². The van der Waals surface area contributed by atoms with Crippen molar-refractivity contribution in [2.24, 2.45) is 17.7 Å². The fourth-order valence-corrected chi connectivity index (χ4v) is 4.26. The minimum absolute atomic E-state index is 0.242. The first-order chi connectivity index (χ1) is 9.81. The van der Waals surface area contributed by atoms with Crippen molar-refractivity contribution < 1.29 is 0 Å². The van der Waals surface area contributed by atoms with Crippen LogP contribution in [-0.2, 0) is 0 Å². The molecular formula is C16H23N3S. The van der Waals surface area contributed by atoms with Crippen LogP contribution in [-0.4, -0.2) is 4.98 Å². The van der Waals surface area contributed by atoms with Gasteiger partial charge in [-0.1, -0.05) is 26.2 Å². The van der Waals surface area contributed by atoms with Crippen molar-refractivity contribution in [2.45, 2.75) is 45.1 Å². The Morgan fingerprint density at radius 2 is 2.20 bits per heavy atom. The molecule has 0 aromatic carbocycles. The topological polar surface area (TPSA) is 50.9 Å². The number of pyridine rings is 1. The molecule has 1 unspecified atom stereocenters. The number of fused-ring (bicyclic) bond motifs is 1.